The summed E-state index contributed by atoms with van der Waals surface area (Å²) >= 11 is 0. The van der Waals surface area contributed by atoms with Gasteiger partial charge in [-0.25, -0.2) is 4.39 Å². The number of nitrogens with one attached hydrogen (secondary N) is 1. The van der Waals surface area contributed by atoms with E-state index < -0.39 is 6.04 Å². The molecule has 5 heteroatoms. The molecule has 0 aliphatic carbocycles. The molecule has 0 unspecified atom stereocenters. The molecule has 30 heavy (non-hydrogen) atoms. The molecule has 0 aliphatic rings. The Hall–Kier alpha value is -2.69. The first kappa shape index (κ1) is 23.6. The maximum atomic E-state index is 13.3. The third kappa shape index (κ3) is 6.97. The molecule has 2 aromatic carbocycles. The molecule has 1 atom stereocenters. The van der Waals surface area contributed by atoms with Crippen LogP contribution >= 0.6 is 0 Å². The highest BCUT2D eigenvalue weighted by Crippen LogP contribution is 2.16. The van der Waals surface area contributed by atoms with Gasteiger partial charge in [-0.1, -0.05) is 50.2 Å². The van der Waals surface area contributed by atoms with Crippen molar-refractivity contribution in [2.45, 2.75) is 72.0 Å². The smallest absolute Gasteiger partial charge is 0.243 e. The van der Waals surface area contributed by atoms with Gasteiger partial charge in [0.05, 0.1) is 0 Å². The van der Waals surface area contributed by atoms with Gasteiger partial charge in [0, 0.05) is 19.0 Å². The maximum absolute atomic E-state index is 13.3. The number of benzene rings is 2. The number of hydrogen-bond acceptors (Lipinski definition) is 2. The highest BCUT2D eigenvalue weighted by molar-refractivity contribution is 5.87. The van der Waals surface area contributed by atoms with E-state index in [-0.39, 0.29) is 30.2 Å². The van der Waals surface area contributed by atoms with Gasteiger partial charge in [0.2, 0.25) is 11.8 Å². The summed E-state index contributed by atoms with van der Waals surface area (Å²) in [6, 6.07) is 13.8. The van der Waals surface area contributed by atoms with Crippen molar-refractivity contribution in [3.05, 3.63) is 71.0 Å². The molecule has 0 spiro atoms. The topological polar surface area (TPSA) is 49.4 Å². The Morgan fingerprint density at radius 3 is 2.03 bits per heavy atom. The lowest BCUT2D eigenvalue weighted by Gasteiger charge is -2.31. The molecule has 0 aliphatic heterocycles. The number of aryl methyl sites for hydroxylation is 2. The number of rotatable bonds is 10. The normalized spacial score (nSPS) is 11.9. The fourth-order valence-electron chi connectivity index (χ4n) is 3.42. The van der Waals surface area contributed by atoms with E-state index in [0.717, 1.165) is 17.5 Å². The van der Waals surface area contributed by atoms with Gasteiger partial charge in [0.25, 0.3) is 0 Å². The number of nitrogens with zero attached hydrogens (tertiary/aromatic N) is 1. The van der Waals surface area contributed by atoms with Crippen LogP contribution in [0.1, 0.15) is 57.2 Å². The predicted octanol–water partition coefficient (Wildman–Crippen LogP) is 4.65. The SMILES string of the molecule is CCc1ccc(CCC(=O)N(Cc2ccc(F)cc2)[C@H](CC)C(=O)NC(C)C)cc1. The summed E-state index contributed by atoms with van der Waals surface area (Å²) in [4.78, 5) is 27.6. The average molecular weight is 413 g/mol. The summed E-state index contributed by atoms with van der Waals surface area (Å²) in [6.45, 7) is 8.09. The Kier molecular flexibility index (Phi) is 9.03. The maximum Gasteiger partial charge on any atom is 0.243 e. The average Bonchev–Trinajstić information content (AvgIpc) is 2.73. The summed E-state index contributed by atoms with van der Waals surface area (Å²) in [5.74, 6) is -0.559. The number of carbonyl (C=O) groups is 2. The van der Waals surface area contributed by atoms with Crippen LogP contribution in [0.2, 0.25) is 0 Å². The summed E-state index contributed by atoms with van der Waals surface area (Å²) in [6.07, 6.45) is 2.42. The van der Waals surface area contributed by atoms with Crippen molar-refractivity contribution < 1.29 is 14.0 Å². The monoisotopic (exact) mass is 412 g/mol. The Morgan fingerprint density at radius 2 is 1.50 bits per heavy atom. The van der Waals surface area contributed by atoms with Crippen LogP contribution in [0.25, 0.3) is 0 Å². The number of halogens is 1. The van der Waals surface area contributed by atoms with Crippen LogP contribution in [0.4, 0.5) is 4.39 Å². The fourth-order valence-corrected chi connectivity index (χ4v) is 3.42. The van der Waals surface area contributed by atoms with E-state index >= 15 is 0 Å². The van der Waals surface area contributed by atoms with Crippen molar-refractivity contribution >= 4 is 11.8 Å². The van der Waals surface area contributed by atoms with Crippen LogP contribution < -0.4 is 5.32 Å². The molecule has 162 valence electrons. The minimum absolute atomic E-state index is 0.00796. The standard InChI is InChI=1S/C25H33FN2O2/c1-5-19-7-9-20(10-8-19)13-16-24(29)28(17-21-11-14-22(26)15-12-21)23(6-2)25(30)27-18(3)4/h7-12,14-15,18,23H,5-6,13,16-17H2,1-4H3,(H,27,30)/t23-/m1/s1. The molecule has 0 aromatic heterocycles. The first-order valence-corrected chi connectivity index (χ1v) is 10.8. The van der Waals surface area contributed by atoms with Gasteiger partial charge in [-0.2, -0.15) is 0 Å². The molecule has 0 saturated heterocycles. The van der Waals surface area contributed by atoms with Crippen LogP contribution in [-0.4, -0.2) is 28.8 Å². The van der Waals surface area contributed by atoms with E-state index in [9.17, 15) is 14.0 Å². The molecule has 0 radical (unpaired) electrons. The van der Waals surface area contributed by atoms with Crippen LogP contribution in [0.15, 0.2) is 48.5 Å². The first-order valence-electron chi connectivity index (χ1n) is 10.8. The van der Waals surface area contributed by atoms with E-state index in [4.69, 9.17) is 0 Å². The molecule has 4 nitrogen and oxygen atoms in total. The van der Waals surface area contributed by atoms with Crippen molar-refractivity contribution in [3.63, 3.8) is 0 Å². The molecule has 0 fully saturated rings. The lowest BCUT2D eigenvalue weighted by molar-refractivity contribution is -0.141. The van der Waals surface area contributed by atoms with Crippen LogP contribution in [0, 0.1) is 5.82 Å². The van der Waals surface area contributed by atoms with Gasteiger partial charge in [-0.05, 0) is 61.9 Å². The molecule has 2 aromatic rings. The van der Waals surface area contributed by atoms with Gasteiger partial charge < -0.3 is 10.2 Å². The minimum atomic E-state index is -0.563. The van der Waals surface area contributed by atoms with Gasteiger partial charge in [-0.15, -0.1) is 0 Å². The Balaban J connectivity index is 2.17. The molecule has 0 heterocycles. The third-order valence-corrected chi connectivity index (χ3v) is 5.14. The minimum Gasteiger partial charge on any atom is -0.352 e. The second-order valence-corrected chi connectivity index (χ2v) is 7.91. The van der Waals surface area contributed by atoms with Crippen LogP contribution in [0.3, 0.4) is 0 Å². The van der Waals surface area contributed by atoms with Crippen molar-refractivity contribution in [2.24, 2.45) is 0 Å². The Bertz CT molecular complexity index is 816. The lowest BCUT2D eigenvalue weighted by atomic mass is 10.0. The Morgan fingerprint density at radius 1 is 0.933 bits per heavy atom. The second kappa shape index (κ2) is 11.5. The van der Waals surface area contributed by atoms with Crippen molar-refractivity contribution in [1.29, 1.82) is 0 Å². The number of carbonyl (C=O) groups excluding carboxylic acids is 2. The van der Waals surface area contributed by atoms with Crippen LogP contribution in [0.5, 0.6) is 0 Å². The fraction of sp³-hybridized carbons (Fsp3) is 0.440. The number of amides is 2. The van der Waals surface area contributed by atoms with Crippen molar-refractivity contribution in [2.75, 3.05) is 0 Å². The predicted molar refractivity (Wildman–Crippen MR) is 118 cm³/mol. The van der Waals surface area contributed by atoms with Crippen LogP contribution in [-0.2, 0) is 29.0 Å². The van der Waals surface area contributed by atoms with Gasteiger partial charge in [0.15, 0.2) is 0 Å². The highest BCUT2D eigenvalue weighted by atomic mass is 19.1. The molecule has 0 saturated carbocycles. The van der Waals surface area contributed by atoms with E-state index in [2.05, 4.69) is 36.5 Å². The summed E-state index contributed by atoms with van der Waals surface area (Å²) in [7, 11) is 0. The molecular formula is C25H33FN2O2. The highest BCUT2D eigenvalue weighted by Gasteiger charge is 2.28. The third-order valence-electron chi connectivity index (χ3n) is 5.14. The zero-order chi connectivity index (χ0) is 22.1. The lowest BCUT2D eigenvalue weighted by Crippen LogP contribution is -2.50. The first-order chi connectivity index (χ1) is 14.3. The largest absolute Gasteiger partial charge is 0.352 e. The molecule has 2 rings (SSSR count). The zero-order valence-corrected chi connectivity index (χ0v) is 18.5. The second-order valence-electron chi connectivity index (χ2n) is 7.91. The summed E-state index contributed by atoms with van der Waals surface area (Å²) < 4.78 is 13.3. The van der Waals surface area contributed by atoms with E-state index in [1.165, 1.54) is 17.7 Å². The van der Waals surface area contributed by atoms with E-state index in [1.54, 1.807) is 17.0 Å². The molecule has 2 amide bonds. The Labute approximate surface area is 179 Å². The van der Waals surface area contributed by atoms with Crippen molar-refractivity contribution in [3.8, 4) is 0 Å². The molecular weight excluding hydrogens is 379 g/mol. The van der Waals surface area contributed by atoms with E-state index in [0.29, 0.717) is 19.3 Å². The summed E-state index contributed by atoms with van der Waals surface area (Å²) in [5.41, 5.74) is 3.16. The molecule has 0 bridgehead atoms. The molecule has 1 N–H and O–H groups in total. The van der Waals surface area contributed by atoms with Gasteiger partial charge in [0.1, 0.15) is 11.9 Å². The summed E-state index contributed by atoms with van der Waals surface area (Å²) in [5, 5.41) is 2.92. The quantitative estimate of drug-likeness (QED) is 0.617. The van der Waals surface area contributed by atoms with Crippen molar-refractivity contribution in [1.82, 2.24) is 10.2 Å². The van der Waals surface area contributed by atoms with Gasteiger partial charge in [-0.3, -0.25) is 9.59 Å². The zero-order valence-electron chi connectivity index (χ0n) is 18.5. The number of hydrogen-bond donors (Lipinski definition) is 1. The van der Waals surface area contributed by atoms with Gasteiger partial charge >= 0.3 is 0 Å². The van der Waals surface area contributed by atoms with E-state index in [1.807, 2.05) is 20.8 Å².